The molecule has 3 aromatic heterocycles. The van der Waals surface area contributed by atoms with Crippen molar-refractivity contribution in [1.29, 1.82) is 0 Å². The Balaban J connectivity index is 1.47. The minimum atomic E-state index is -0.0345. The molecule has 1 atom stereocenters. The predicted molar refractivity (Wildman–Crippen MR) is 95.0 cm³/mol. The Labute approximate surface area is 144 Å². The number of rotatable bonds is 7. The number of hydrogen-bond acceptors (Lipinski definition) is 6. The highest BCUT2D eigenvalue weighted by atomic mass is 32.1. The molecular formula is C16H20N6OS. The van der Waals surface area contributed by atoms with Crippen molar-refractivity contribution in [1.82, 2.24) is 25.1 Å². The third kappa shape index (κ3) is 3.70. The first-order valence-electron chi connectivity index (χ1n) is 7.82. The molecule has 1 amide bonds. The van der Waals surface area contributed by atoms with Gasteiger partial charge < -0.3 is 10.6 Å². The van der Waals surface area contributed by atoms with Crippen LogP contribution in [-0.2, 0) is 18.3 Å². The molecule has 0 aliphatic heterocycles. The predicted octanol–water partition coefficient (Wildman–Crippen LogP) is 1.83. The Morgan fingerprint density at radius 3 is 3.04 bits per heavy atom. The molecule has 24 heavy (non-hydrogen) atoms. The molecule has 0 bridgehead atoms. The van der Waals surface area contributed by atoms with Crippen LogP contribution in [0.3, 0.4) is 0 Å². The van der Waals surface area contributed by atoms with Gasteiger partial charge in [-0.25, -0.2) is 9.97 Å². The topological polar surface area (TPSA) is 84.7 Å². The number of thiophene rings is 1. The average molecular weight is 344 g/mol. The maximum atomic E-state index is 12.1. The van der Waals surface area contributed by atoms with Gasteiger partial charge in [-0.1, -0.05) is 13.0 Å². The van der Waals surface area contributed by atoms with Crippen LogP contribution in [-0.4, -0.2) is 38.7 Å². The maximum Gasteiger partial charge on any atom is 0.223 e. The second-order valence-electron chi connectivity index (χ2n) is 5.63. The molecule has 2 N–H and O–H groups in total. The standard InChI is InChI=1S/C16H20N6OS/c1-11(8-12-4-3-7-24-12)16(23)18-6-5-17-14-13-9-21-22(2)15(13)20-10-19-14/h3-4,7,9-11H,5-6,8H2,1-2H3,(H,18,23)(H,17,19,20)/t11-/m0/s1. The summed E-state index contributed by atoms with van der Waals surface area (Å²) in [6.07, 6.45) is 4.02. The average Bonchev–Trinajstić information content (AvgIpc) is 3.22. The molecule has 0 fully saturated rings. The van der Waals surface area contributed by atoms with Crippen molar-refractivity contribution in [3.8, 4) is 0 Å². The van der Waals surface area contributed by atoms with E-state index < -0.39 is 0 Å². The Bertz CT molecular complexity index is 813. The summed E-state index contributed by atoms with van der Waals surface area (Å²) in [5.74, 6) is 0.765. The van der Waals surface area contributed by atoms with Gasteiger partial charge in [0.15, 0.2) is 5.65 Å². The summed E-state index contributed by atoms with van der Waals surface area (Å²) in [5, 5.41) is 13.3. The number of aryl methyl sites for hydroxylation is 1. The summed E-state index contributed by atoms with van der Waals surface area (Å²) in [5.41, 5.74) is 0.779. The molecule has 126 valence electrons. The first-order chi connectivity index (χ1) is 11.6. The van der Waals surface area contributed by atoms with Crippen LogP contribution in [0, 0.1) is 5.92 Å². The van der Waals surface area contributed by atoms with Crippen LogP contribution in [0.1, 0.15) is 11.8 Å². The van der Waals surface area contributed by atoms with Gasteiger partial charge in [-0.3, -0.25) is 9.48 Å². The van der Waals surface area contributed by atoms with Crippen molar-refractivity contribution in [3.63, 3.8) is 0 Å². The van der Waals surface area contributed by atoms with E-state index in [0.717, 1.165) is 23.3 Å². The van der Waals surface area contributed by atoms with E-state index >= 15 is 0 Å². The highest BCUT2D eigenvalue weighted by Crippen LogP contribution is 2.17. The SMILES string of the molecule is C[C@@H](Cc1cccs1)C(=O)NCCNc1ncnc2c1cnn2C. The molecule has 0 aliphatic rings. The lowest BCUT2D eigenvalue weighted by Gasteiger charge is -2.12. The van der Waals surface area contributed by atoms with Crippen LogP contribution in [0.2, 0.25) is 0 Å². The molecule has 0 spiro atoms. The normalized spacial score (nSPS) is 12.2. The van der Waals surface area contributed by atoms with Crippen molar-refractivity contribution >= 4 is 34.1 Å². The van der Waals surface area contributed by atoms with Crippen LogP contribution in [0.5, 0.6) is 0 Å². The minimum Gasteiger partial charge on any atom is -0.368 e. The summed E-state index contributed by atoms with van der Waals surface area (Å²) < 4.78 is 1.70. The Hall–Kier alpha value is -2.48. The minimum absolute atomic E-state index is 0.0345. The van der Waals surface area contributed by atoms with Crippen molar-refractivity contribution < 1.29 is 4.79 Å². The van der Waals surface area contributed by atoms with E-state index in [1.54, 1.807) is 22.2 Å². The van der Waals surface area contributed by atoms with E-state index in [2.05, 4.69) is 31.8 Å². The summed E-state index contributed by atoms with van der Waals surface area (Å²) in [4.78, 5) is 21.8. The molecule has 3 heterocycles. The number of amides is 1. The van der Waals surface area contributed by atoms with Gasteiger partial charge in [0.1, 0.15) is 12.1 Å². The van der Waals surface area contributed by atoms with Gasteiger partial charge in [0.05, 0.1) is 11.6 Å². The molecular weight excluding hydrogens is 324 g/mol. The summed E-state index contributed by atoms with van der Waals surface area (Å²) in [6, 6.07) is 4.07. The number of fused-ring (bicyclic) bond motifs is 1. The smallest absolute Gasteiger partial charge is 0.223 e. The fourth-order valence-electron chi connectivity index (χ4n) is 2.47. The van der Waals surface area contributed by atoms with Crippen LogP contribution in [0.4, 0.5) is 5.82 Å². The van der Waals surface area contributed by atoms with Crippen molar-refractivity contribution in [2.75, 3.05) is 18.4 Å². The van der Waals surface area contributed by atoms with Gasteiger partial charge in [-0.15, -0.1) is 11.3 Å². The van der Waals surface area contributed by atoms with Gasteiger partial charge in [-0.05, 0) is 17.9 Å². The fourth-order valence-corrected chi connectivity index (χ4v) is 3.30. The molecule has 0 saturated heterocycles. The molecule has 0 saturated carbocycles. The first-order valence-corrected chi connectivity index (χ1v) is 8.70. The van der Waals surface area contributed by atoms with E-state index in [1.165, 1.54) is 11.2 Å². The number of hydrogen-bond donors (Lipinski definition) is 2. The zero-order chi connectivity index (χ0) is 16.9. The van der Waals surface area contributed by atoms with Gasteiger partial charge in [0, 0.05) is 30.9 Å². The summed E-state index contributed by atoms with van der Waals surface area (Å²) in [7, 11) is 1.84. The zero-order valence-electron chi connectivity index (χ0n) is 13.7. The molecule has 7 nitrogen and oxygen atoms in total. The number of nitrogens with zero attached hydrogens (tertiary/aromatic N) is 4. The zero-order valence-corrected chi connectivity index (χ0v) is 14.5. The lowest BCUT2D eigenvalue weighted by atomic mass is 10.1. The molecule has 0 aliphatic carbocycles. The molecule has 3 aromatic rings. The largest absolute Gasteiger partial charge is 0.368 e. The Kier molecular flexibility index (Phi) is 5.05. The van der Waals surface area contributed by atoms with Gasteiger partial charge in [-0.2, -0.15) is 5.10 Å². The molecule has 8 heteroatoms. The lowest BCUT2D eigenvalue weighted by Crippen LogP contribution is -2.33. The first kappa shape index (κ1) is 16.4. The van der Waals surface area contributed by atoms with E-state index in [4.69, 9.17) is 0 Å². The van der Waals surface area contributed by atoms with E-state index in [-0.39, 0.29) is 11.8 Å². The highest BCUT2D eigenvalue weighted by Gasteiger charge is 2.13. The van der Waals surface area contributed by atoms with Gasteiger partial charge in [0.2, 0.25) is 5.91 Å². The number of carbonyl (C=O) groups excluding carboxylic acids is 1. The highest BCUT2D eigenvalue weighted by molar-refractivity contribution is 7.09. The third-order valence-corrected chi connectivity index (χ3v) is 4.68. The molecule has 0 aromatic carbocycles. The maximum absolute atomic E-state index is 12.1. The van der Waals surface area contributed by atoms with E-state index in [9.17, 15) is 4.79 Å². The second-order valence-corrected chi connectivity index (χ2v) is 6.66. The van der Waals surface area contributed by atoms with Crippen LogP contribution in [0.25, 0.3) is 11.0 Å². The third-order valence-electron chi connectivity index (χ3n) is 3.78. The van der Waals surface area contributed by atoms with Crippen molar-refractivity contribution in [2.24, 2.45) is 13.0 Å². The van der Waals surface area contributed by atoms with Gasteiger partial charge >= 0.3 is 0 Å². The van der Waals surface area contributed by atoms with Crippen molar-refractivity contribution in [3.05, 3.63) is 34.9 Å². The fraction of sp³-hybridized carbons (Fsp3) is 0.375. The Morgan fingerprint density at radius 2 is 2.25 bits per heavy atom. The van der Waals surface area contributed by atoms with E-state index in [1.807, 2.05) is 25.4 Å². The number of aromatic nitrogens is 4. The monoisotopic (exact) mass is 344 g/mol. The number of anilines is 1. The number of nitrogens with one attached hydrogen (secondary N) is 2. The summed E-state index contributed by atoms with van der Waals surface area (Å²) >= 11 is 1.68. The Morgan fingerprint density at radius 1 is 1.38 bits per heavy atom. The molecule has 3 rings (SSSR count). The molecule has 0 unspecified atom stereocenters. The van der Waals surface area contributed by atoms with Crippen LogP contribution < -0.4 is 10.6 Å². The van der Waals surface area contributed by atoms with Crippen molar-refractivity contribution in [2.45, 2.75) is 13.3 Å². The molecule has 0 radical (unpaired) electrons. The second kappa shape index (κ2) is 7.39. The summed E-state index contributed by atoms with van der Waals surface area (Å²) in [6.45, 7) is 3.09. The lowest BCUT2D eigenvalue weighted by molar-refractivity contribution is -0.124. The van der Waals surface area contributed by atoms with E-state index in [0.29, 0.717) is 13.1 Å². The van der Waals surface area contributed by atoms with Crippen LogP contribution in [0.15, 0.2) is 30.0 Å². The quantitative estimate of drug-likeness (QED) is 0.639. The van der Waals surface area contributed by atoms with Crippen LogP contribution >= 0.6 is 11.3 Å². The number of carbonyl (C=O) groups is 1. The van der Waals surface area contributed by atoms with Gasteiger partial charge in [0.25, 0.3) is 0 Å².